The normalized spacial score (nSPS) is 12.3. The van der Waals surface area contributed by atoms with E-state index in [1.807, 2.05) is 37.3 Å². The fourth-order valence-electron chi connectivity index (χ4n) is 1.43. The Kier molecular flexibility index (Phi) is 4.84. The Morgan fingerprint density at radius 2 is 2.07 bits per heavy atom. The van der Waals surface area contributed by atoms with Crippen LogP contribution in [0.4, 0.5) is 0 Å². The second kappa shape index (κ2) is 6.19. The van der Waals surface area contributed by atoms with Crippen LogP contribution in [0.5, 0.6) is 0 Å². The van der Waals surface area contributed by atoms with E-state index in [1.54, 1.807) is 0 Å². The molecule has 1 rings (SSSR count). The first-order chi connectivity index (χ1) is 7.22. The van der Waals surface area contributed by atoms with E-state index in [0.29, 0.717) is 0 Å². The largest absolute Gasteiger partial charge is 0.481 e. The quantitative estimate of drug-likeness (QED) is 0.750. The maximum atomic E-state index is 10.5. The van der Waals surface area contributed by atoms with Crippen LogP contribution in [-0.2, 0) is 11.3 Å². The molecule has 1 atom stereocenters. The number of benzene rings is 1. The lowest BCUT2D eigenvalue weighted by Crippen LogP contribution is -2.30. The van der Waals surface area contributed by atoms with E-state index in [9.17, 15) is 4.79 Å². The Hall–Kier alpha value is -1.35. The van der Waals surface area contributed by atoms with Gasteiger partial charge in [-0.15, -0.1) is 0 Å². The zero-order valence-corrected chi connectivity index (χ0v) is 8.94. The summed E-state index contributed by atoms with van der Waals surface area (Å²) >= 11 is 0. The molecule has 1 unspecified atom stereocenters. The Balaban J connectivity index is 2.37. The van der Waals surface area contributed by atoms with E-state index in [-0.39, 0.29) is 12.5 Å². The molecule has 1 aromatic carbocycles. The summed E-state index contributed by atoms with van der Waals surface area (Å²) in [7, 11) is 0. The topological polar surface area (TPSA) is 49.3 Å². The highest BCUT2D eigenvalue weighted by Gasteiger charge is 2.09. The van der Waals surface area contributed by atoms with E-state index in [0.717, 1.165) is 13.0 Å². The van der Waals surface area contributed by atoms with Crippen LogP contribution in [0.25, 0.3) is 0 Å². The number of hydrogen-bond donors (Lipinski definition) is 2. The van der Waals surface area contributed by atoms with Gasteiger partial charge in [-0.3, -0.25) is 4.79 Å². The van der Waals surface area contributed by atoms with Gasteiger partial charge in [-0.05, 0) is 12.0 Å². The molecule has 0 aliphatic rings. The third kappa shape index (κ3) is 4.61. The molecule has 0 saturated heterocycles. The van der Waals surface area contributed by atoms with E-state index in [1.165, 1.54) is 5.56 Å². The highest BCUT2D eigenvalue weighted by atomic mass is 16.4. The molecule has 15 heavy (non-hydrogen) atoms. The van der Waals surface area contributed by atoms with Gasteiger partial charge >= 0.3 is 5.97 Å². The molecule has 0 amide bonds. The second-order valence-corrected chi connectivity index (χ2v) is 3.57. The molecule has 0 saturated carbocycles. The summed E-state index contributed by atoms with van der Waals surface area (Å²) in [5, 5.41) is 11.9. The summed E-state index contributed by atoms with van der Waals surface area (Å²) in [5.74, 6) is -0.748. The average molecular weight is 207 g/mol. The van der Waals surface area contributed by atoms with Crippen molar-refractivity contribution in [3.63, 3.8) is 0 Å². The summed E-state index contributed by atoms with van der Waals surface area (Å²) in [6.07, 6.45) is 1.02. The first kappa shape index (κ1) is 11.7. The number of aliphatic carboxylic acids is 1. The molecule has 0 aromatic heterocycles. The fourth-order valence-corrected chi connectivity index (χ4v) is 1.43. The molecule has 3 heteroatoms. The Morgan fingerprint density at radius 1 is 1.40 bits per heavy atom. The molecule has 0 radical (unpaired) electrons. The van der Waals surface area contributed by atoms with E-state index in [4.69, 9.17) is 5.11 Å². The lowest BCUT2D eigenvalue weighted by molar-refractivity contribution is -0.137. The van der Waals surface area contributed by atoms with Crippen molar-refractivity contribution in [3.05, 3.63) is 35.9 Å². The number of carboxylic acids is 1. The Labute approximate surface area is 90.1 Å². The molecular formula is C12H17NO2. The second-order valence-electron chi connectivity index (χ2n) is 3.57. The fraction of sp³-hybridized carbons (Fsp3) is 0.417. The standard InChI is InChI=1S/C12H17NO2/c1-2-11(8-12(14)15)13-9-10-6-4-3-5-7-10/h3-7,11,13H,2,8-9H2,1H3,(H,14,15). The van der Waals surface area contributed by atoms with Crippen molar-refractivity contribution in [2.75, 3.05) is 0 Å². The van der Waals surface area contributed by atoms with Crippen molar-refractivity contribution in [3.8, 4) is 0 Å². The van der Waals surface area contributed by atoms with Gasteiger partial charge in [-0.1, -0.05) is 37.3 Å². The van der Waals surface area contributed by atoms with Crippen LogP contribution < -0.4 is 5.32 Å². The highest BCUT2D eigenvalue weighted by molar-refractivity contribution is 5.67. The van der Waals surface area contributed by atoms with Crippen LogP contribution in [0.15, 0.2) is 30.3 Å². The predicted molar refractivity (Wildman–Crippen MR) is 59.6 cm³/mol. The monoisotopic (exact) mass is 207 g/mol. The number of hydrogen-bond acceptors (Lipinski definition) is 2. The molecule has 0 spiro atoms. The average Bonchev–Trinajstić information content (AvgIpc) is 2.25. The van der Waals surface area contributed by atoms with Crippen molar-refractivity contribution >= 4 is 5.97 Å². The van der Waals surface area contributed by atoms with E-state index >= 15 is 0 Å². The first-order valence-corrected chi connectivity index (χ1v) is 5.21. The summed E-state index contributed by atoms with van der Waals surface area (Å²) in [4.78, 5) is 10.5. The molecule has 1 aromatic rings. The van der Waals surface area contributed by atoms with Gasteiger partial charge in [0, 0.05) is 12.6 Å². The van der Waals surface area contributed by atoms with Crippen LogP contribution in [0.3, 0.4) is 0 Å². The van der Waals surface area contributed by atoms with Crippen molar-refractivity contribution in [1.82, 2.24) is 5.32 Å². The molecule has 0 aliphatic heterocycles. The molecule has 2 N–H and O–H groups in total. The lowest BCUT2D eigenvalue weighted by atomic mass is 10.1. The van der Waals surface area contributed by atoms with Crippen LogP contribution >= 0.6 is 0 Å². The SMILES string of the molecule is CCC(CC(=O)O)NCc1ccccc1. The molecule has 0 heterocycles. The van der Waals surface area contributed by atoms with Gasteiger partial charge in [-0.25, -0.2) is 0 Å². The summed E-state index contributed by atoms with van der Waals surface area (Å²) in [5.41, 5.74) is 1.18. The van der Waals surface area contributed by atoms with Gasteiger partial charge in [-0.2, -0.15) is 0 Å². The number of rotatable bonds is 6. The third-order valence-corrected chi connectivity index (χ3v) is 2.35. The minimum absolute atomic E-state index is 0.0581. The van der Waals surface area contributed by atoms with Crippen LogP contribution in [-0.4, -0.2) is 17.1 Å². The Morgan fingerprint density at radius 3 is 2.60 bits per heavy atom. The number of carbonyl (C=O) groups is 1. The van der Waals surface area contributed by atoms with Gasteiger partial charge in [0.2, 0.25) is 0 Å². The van der Waals surface area contributed by atoms with Crippen molar-refractivity contribution in [1.29, 1.82) is 0 Å². The summed E-state index contributed by atoms with van der Waals surface area (Å²) in [6, 6.07) is 10.0. The van der Waals surface area contributed by atoms with Crippen molar-refractivity contribution < 1.29 is 9.90 Å². The molecular weight excluding hydrogens is 190 g/mol. The molecule has 0 aliphatic carbocycles. The van der Waals surface area contributed by atoms with Gasteiger partial charge in [0.15, 0.2) is 0 Å². The number of carboxylic acid groups (broad SMARTS) is 1. The molecule has 82 valence electrons. The predicted octanol–water partition coefficient (Wildman–Crippen LogP) is 2.03. The minimum Gasteiger partial charge on any atom is -0.481 e. The van der Waals surface area contributed by atoms with Gasteiger partial charge in [0.1, 0.15) is 0 Å². The summed E-state index contributed by atoms with van der Waals surface area (Å²) < 4.78 is 0. The first-order valence-electron chi connectivity index (χ1n) is 5.21. The minimum atomic E-state index is -0.748. The smallest absolute Gasteiger partial charge is 0.304 e. The summed E-state index contributed by atoms with van der Waals surface area (Å²) in [6.45, 7) is 2.72. The van der Waals surface area contributed by atoms with Crippen LogP contribution in [0, 0.1) is 0 Å². The maximum absolute atomic E-state index is 10.5. The molecule has 3 nitrogen and oxygen atoms in total. The molecule has 0 bridgehead atoms. The Bertz CT molecular complexity index is 298. The highest BCUT2D eigenvalue weighted by Crippen LogP contribution is 2.02. The zero-order chi connectivity index (χ0) is 11.1. The molecule has 0 fully saturated rings. The van der Waals surface area contributed by atoms with E-state index in [2.05, 4.69) is 5.32 Å². The zero-order valence-electron chi connectivity index (χ0n) is 8.94. The number of nitrogens with one attached hydrogen (secondary N) is 1. The van der Waals surface area contributed by atoms with Crippen molar-refractivity contribution in [2.45, 2.75) is 32.4 Å². The van der Waals surface area contributed by atoms with Crippen LogP contribution in [0.1, 0.15) is 25.3 Å². The maximum Gasteiger partial charge on any atom is 0.304 e. The third-order valence-electron chi connectivity index (χ3n) is 2.35. The van der Waals surface area contributed by atoms with Gasteiger partial charge < -0.3 is 10.4 Å². The van der Waals surface area contributed by atoms with E-state index < -0.39 is 5.97 Å². The van der Waals surface area contributed by atoms with Gasteiger partial charge in [0.25, 0.3) is 0 Å². The lowest BCUT2D eigenvalue weighted by Gasteiger charge is -2.14. The van der Waals surface area contributed by atoms with Crippen molar-refractivity contribution in [2.24, 2.45) is 0 Å². The van der Waals surface area contributed by atoms with Crippen LogP contribution in [0.2, 0.25) is 0 Å². The van der Waals surface area contributed by atoms with Gasteiger partial charge in [0.05, 0.1) is 6.42 Å².